The Balaban J connectivity index is 1.81. The zero-order chi connectivity index (χ0) is 15.4. The first-order valence-electron chi connectivity index (χ1n) is 7.99. The van der Waals surface area contributed by atoms with Crippen LogP contribution in [-0.2, 0) is 0 Å². The van der Waals surface area contributed by atoms with Crippen molar-refractivity contribution < 1.29 is 0 Å². The first kappa shape index (κ1) is 12.7. The monoisotopic (exact) mass is 303 g/mol. The third-order valence-corrected chi connectivity index (χ3v) is 4.40. The maximum atomic E-state index is 4.85. The summed E-state index contributed by atoms with van der Waals surface area (Å²) in [6, 6.07) is 12.8. The molecular formula is C18H17N5. The molecule has 0 radical (unpaired) electrons. The third kappa shape index (κ3) is 1.93. The lowest BCUT2D eigenvalue weighted by Crippen LogP contribution is -2.05. The molecule has 1 saturated carbocycles. The Bertz CT molecular complexity index is 1020. The van der Waals surface area contributed by atoms with E-state index in [9.17, 15) is 0 Å². The number of nitrogens with one attached hydrogen (secondary N) is 1. The quantitative estimate of drug-likeness (QED) is 0.630. The number of nitrogens with zero attached hydrogens (tertiary/aromatic N) is 4. The topological polar surface area (TPSA) is 46.6 Å². The smallest absolute Gasteiger partial charge is 0.140 e. The molecule has 0 amide bonds. The summed E-state index contributed by atoms with van der Waals surface area (Å²) < 4.78 is 4.23. The molecule has 4 aromatic heterocycles. The summed E-state index contributed by atoms with van der Waals surface area (Å²) >= 11 is 0. The Morgan fingerprint density at radius 1 is 0.957 bits per heavy atom. The van der Waals surface area contributed by atoms with Crippen LogP contribution in [0.25, 0.3) is 22.6 Å². The minimum atomic E-state index is 0.559. The van der Waals surface area contributed by atoms with Gasteiger partial charge in [0.1, 0.15) is 28.7 Å². The normalized spacial score (nSPS) is 14.7. The summed E-state index contributed by atoms with van der Waals surface area (Å²) in [4.78, 5) is 9.64. The predicted molar refractivity (Wildman–Crippen MR) is 90.8 cm³/mol. The van der Waals surface area contributed by atoms with Crippen LogP contribution in [0.15, 0.2) is 48.8 Å². The molecule has 5 rings (SSSR count). The number of fused-ring (bicyclic) bond motifs is 2. The highest BCUT2D eigenvalue weighted by Gasteiger charge is 2.26. The predicted octanol–water partition coefficient (Wildman–Crippen LogP) is 3.53. The molecule has 0 atom stereocenters. The number of hydrogen-bond acceptors (Lipinski definition) is 3. The number of anilines is 1. The molecule has 4 heterocycles. The first-order valence-corrected chi connectivity index (χ1v) is 7.99. The summed E-state index contributed by atoms with van der Waals surface area (Å²) in [7, 11) is 0. The van der Waals surface area contributed by atoms with Crippen molar-refractivity contribution in [3.05, 3.63) is 54.6 Å². The van der Waals surface area contributed by atoms with E-state index in [-0.39, 0.29) is 0 Å². The molecule has 1 aliphatic carbocycles. The summed E-state index contributed by atoms with van der Waals surface area (Å²) in [6.07, 6.45) is 6.55. The summed E-state index contributed by atoms with van der Waals surface area (Å²) in [5, 5.41) is 3.63. The Morgan fingerprint density at radius 3 is 2.57 bits per heavy atom. The standard InChI is InChI=1S/C18H17N5/c1-12-19-16(14-6-2-4-10-22(12)14)17-18(20-13-8-9-13)23-11-5-3-7-15(23)21-17/h2-7,10-11,13,20H,8-9H2,1H3. The van der Waals surface area contributed by atoms with Gasteiger partial charge in [0.15, 0.2) is 0 Å². The molecule has 23 heavy (non-hydrogen) atoms. The van der Waals surface area contributed by atoms with E-state index in [2.05, 4.69) is 26.4 Å². The molecular weight excluding hydrogens is 286 g/mol. The minimum absolute atomic E-state index is 0.559. The van der Waals surface area contributed by atoms with Crippen molar-refractivity contribution in [2.24, 2.45) is 0 Å². The molecule has 0 spiro atoms. The van der Waals surface area contributed by atoms with Gasteiger partial charge in [0.2, 0.25) is 0 Å². The van der Waals surface area contributed by atoms with Crippen molar-refractivity contribution >= 4 is 17.0 Å². The summed E-state index contributed by atoms with van der Waals surface area (Å²) in [5.74, 6) is 2.02. The number of aromatic nitrogens is 4. The van der Waals surface area contributed by atoms with Crippen molar-refractivity contribution in [1.29, 1.82) is 0 Å². The van der Waals surface area contributed by atoms with Gasteiger partial charge in [-0.1, -0.05) is 12.1 Å². The van der Waals surface area contributed by atoms with Gasteiger partial charge in [-0.25, -0.2) is 9.97 Å². The number of hydrogen-bond donors (Lipinski definition) is 1. The number of imidazole rings is 2. The number of rotatable bonds is 3. The maximum absolute atomic E-state index is 4.85. The maximum Gasteiger partial charge on any atom is 0.140 e. The SMILES string of the molecule is Cc1nc(-c2nc3ccccn3c2NC2CC2)c2ccccn12. The van der Waals surface area contributed by atoms with Crippen LogP contribution in [0.4, 0.5) is 5.82 Å². The molecule has 0 unspecified atom stereocenters. The van der Waals surface area contributed by atoms with Gasteiger partial charge in [-0.3, -0.25) is 4.40 Å². The van der Waals surface area contributed by atoms with Gasteiger partial charge in [0, 0.05) is 18.4 Å². The highest BCUT2D eigenvalue weighted by Crippen LogP contribution is 2.34. The van der Waals surface area contributed by atoms with Crippen molar-refractivity contribution in [2.45, 2.75) is 25.8 Å². The fraction of sp³-hybridized carbons (Fsp3) is 0.222. The van der Waals surface area contributed by atoms with Crippen molar-refractivity contribution in [2.75, 3.05) is 5.32 Å². The van der Waals surface area contributed by atoms with Crippen molar-refractivity contribution in [1.82, 2.24) is 18.8 Å². The van der Waals surface area contributed by atoms with E-state index in [0.717, 1.165) is 34.2 Å². The highest BCUT2D eigenvalue weighted by atomic mass is 15.2. The van der Waals surface area contributed by atoms with Crippen LogP contribution in [0.5, 0.6) is 0 Å². The molecule has 1 N–H and O–H groups in total. The molecule has 0 saturated heterocycles. The molecule has 4 aromatic rings. The first-order chi connectivity index (χ1) is 11.3. The van der Waals surface area contributed by atoms with Crippen LogP contribution in [0, 0.1) is 6.92 Å². The van der Waals surface area contributed by atoms with E-state index in [1.807, 2.05) is 43.5 Å². The van der Waals surface area contributed by atoms with E-state index in [1.165, 1.54) is 12.8 Å². The van der Waals surface area contributed by atoms with Crippen LogP contribution in [0.3, 0.4) is 0 Å². The second-order valence-corrected chi connectivity index (χ2v) is 6.12. The minimum Gasteiger partial charge on any atom is -0.367 e. The lowest BCUT2D eigenvalue weighted by Gasteiger charge is -2.06. The van der Waals surface area contributed by atoms with E-state index in [4.69, 9.17) is 9.97 Å². The molecule has 0 bridgehead atoms. The Morgan fingerprint density at radius 2 is 1.74 bits per heavy atom. The summed E-state index contributed by atoms with van der Waals surface area (Å²) in [6.45, 7) is 2.03. The van der Waals surface area contributed by atoms with E-state index in [0.29, 0.717) is 6.04 Å². The van der Waals surface area contributed by atoms with Gasteiger partial charge in [-0.05, 0) is 44.0 Å². The fourth-order valence-electron chi connectivity index (χ4n) is 3.09. The van der Waals surface area contributed by atoms with E-state index in [1.54, 1.807) is 0 Å². The van der Waals surface area contributed by atoms with Crippen LogP contribution in [0.2, 0.25) is 0 Å². The highest BCUT2D eigenvalue weighted by molar-refractivity contribution is 5.84. The second-order valence-electron chi connectivity index (χ2n) is 6.12. The van der Waals surface area contributed by atoms with Gasteiger partial charge in [-0.15, -0.1) is 0 Å². The Kier molecular flexibility index (Phi) is 2.53. The molecule has 5 heteroatoms. The van der Waals surface area contributed by atoms with Crippen LogP contribution in [-0.4, -0.2) is 24.8 Å². The molecule has 0 aromatic carbocycles. The Labute approximate surface area is 133 Å². The van der Waals surface area contributed by atoms with Gasteiger partial charge >= 0.3 is 0 Å². The lowest BCUT2D eigenvalue weighted by atomic mass is 10.2. The molecule has 0 aliphatic heterocycles. The van der Waals surface area contributed by atoms with E-state index >= 15 is 0 Å². The van der Waals surface area contributed by atoms with Gasteiger partial charge in [-0.2, -0.15) is 0 Å². The van der Waals surface area contributed by atoms with Gasteiger partial charge in [0.05, 0.1) is 5.52 Å². The second kappa shape index (κ2) is 4.59. The average Bonchev–Trinajstić information content (AvgIpc) is 3.25. The molecule has 114 valence electrons. The number of aryl methyl sites for hydroxylation is 1. The molecule has 1 aliphatic rings. The van der Waals surface area contributed by atoms with Crippen molar-refractivity contribution in [3.8, 4) is 11.4 Å². The van der Waals surface area contributed by atoms with Crippen LogP contribution < -0.4 is 5.32 Å². The third-order valence-electron chi connectivity index (χ3n) is 4.40. The fourth-order valence-corrected chi connectivity index (χ4v) is 3.09. The van der Waals surface area contributed by atoms with E-state index < -0.39 is 0 Å². The Hall–Kier alpha value is -2.82. The molecule has 1 fully saturated rings. The lowest BCUT2D eigenvalue weighted by molar-refractivity contribution is 1.04. The largest absolute Gasteiger partial charge is 0.367 e. The zero-order valence-corrected chi connectivity index (χ0v) is 12.9. The zero-order valence-electron chi connectivity index (χ0n) is 12.9. The van der Waals surface area contributed by atoms with Crippen molar-refractivity contribution in [3.63, 3.8) is 0 Å². The van der Waals surface area contributed by atoms with Gasteiger partial charge in [0.25, 0.3) is 0 Å². The van der Waals surface area contributed by atoms with Crippen LogP contribution in [0.1, 0.15) is 18.7 Å². The summed E-state index contributed by atoms with van der Waals surface area (Å²) in [5.41, 5.74) is 3.91. The average molecular weight is 303 g/mol. The van der Waals surface area contributed by atoms with Gasteiger partial charge < -0.3 is 9.72 Å². The number of pyridine rings is 2. The van der Waals surface area contributed by atoms with Crippen LogP contribution >= 0.6 is 0 Å². The molecule has 5 nitrogen and oxygen atoms in total.